The van der Waals surface area contributed by atoms with E-state index in [1.165, 1.54) is 0 Å². The van der Waals surface area contributed by atoms with Crippen molar-refractivity contribution in [1.82, 2.24) is 4.90 Å². The Kier molecular flexibility index (Phi) is 2.41. The van der Waals surface area contributed by atoms with Gasteiger partial charge in [-0.05, 0) is 33.1 Å². The standard InChI is InChI=1S/C11H19NO3/c1-11(2,3)15-10(14)12-5-4-7-8(6-12)9(7)13/h7-9,13H,4-6H2,1-3H3/t7-,8+,9+/m1/s1. The molecule has 1 aliphatic carbocycles. The number of carbonyl (C=O) groups is 1. The van der Waals surface area contributed by atoms with E-state index in [1.54, 1.807) is 4.90 Å². The van der Waals surface area contributed by atoms with Crippen molar-refractivity contribution in [2.24, 2.45) is 11.8 Å². The molecule has 2 aliphatic rings. The number of carbonyl (C=O) groups excluding carboxylic acids is 1. The Balaban J connectivity index is 1.87. The summed E-state index contributed by atoms with van der Waals surface area (Å²) in [6, 6.07) is 0. The lowest BCUT2D eigenvalue weighted by Crippen LogP contribution is -2.40. The van der Waals surface area contributed by atoms with Crippen LogP contribution in [-0.2, 0) is 4.74 Å². The van der Waals surface area contributed by atoms with Gasteiger partial charge < -0.3 is 14.7 Å². The van der Waals surface area contributed by atoms with Gasteiger partial charge >= 0.3 is 6.09 Å². The molecule has 0 aromatic carbocycles. The molecule has 0 bridgehead atoms. The number of hydrogen-bond donors (Lipinski definition) is 1. The van der Waals surface area contributed by atoms with E-state index in [0.29, 0.717) is 24.9 Å². The van der Waals surface area contributed by atoms with E-state index in [-0.39, 0.29) is 12.2 Å². The van der Waals surface area contributed by atoms with E-state index in [2.05, 4.69) is 0 Å². The number of piperidine rings is 1. The van der Waals surface area contributed by atoms with Crippen LogP contribution >= 0.6 is 0 Å². The zero-order valence-corrected chi connectivity index (χ0v) is 9.56. The quantitative estimate of drug-likeness (QED) is 0.658. The van der Waals surface area contributed by atoms with Crippen molar-refractivity contribution in [2.75, 3.05) is 13.1 Å². The van der Waals surface area contributed by atoms with Crippen LogP contribution in [0.1, 0.15) is 27.2 Å². The van der Waals surface area contributed by atoms with Gasteiger partial charge in [0, 0.05) is 19.0 Å². The summed E-state index contributed by atoms with van der Waals surface area (Å²) in [4.78, 5) is 13.4. The zero-order chi connectivity index (χ0) is 11.2. The Labute approximate surface area is 90.2 Å². The van der Waals surface area contributed by atoms with E-state index in [9.17, 15) is 9.90 Å². The maximum absolute atomic E-state index is 11.7. The highest BCUT2D eigenvalue weighted by Crippen LogP contribution is 2.45. The molecule has 1 saturated heterocycles. The fourth-order valence-corrected chi connectivity index (χ4v) is 2.20. The summed E-state index contributed by atoms with van der Waals surface area (Å²) in [6.45, 7) is 6.96. The van der Waals surface area contributed by atoms with Gasteiger partial charge in [-0.25, -0.2) is 4.79 Å². The number of ether oxygens (including phenoxy) is 1. The van der Waals surface area contributed by atoms with Crippen LogP contribution < -0.4 is 0 Å². The van der Waals surface area contributed by atoms with E-state index in [4.69, 9.17) is 4.74 Å². The van der Waals surface area contributed by atoms with Crippen LogP contribution in [0.3, 0.4) is 0 Å². The third-order valence-corrected chi connectivity index (χ3v) is 3.10. The number of nitrogens with zero attached hydrogens (tertiary/aromatic N) is 1. The molecule has 15 heavy (non-hydrogen) atoms. The van der Waals surface area contributed by atoms with E-state index in [0.717, 1.165) is 6.42 Å². The third-order valence-electron chi connectivity index (χ3n) is 3.10. The number of rotatable bonds is 0. The molecular formula is C11H19NO3. The molecule has 1 heterocycles. The summed E-state index contributed by atoms with van der Waals surface area (Å²) >= 11 is 0. The molecule has 0 aromatic rings. The average molecular weight is 213 g/mol. The van der Waals surface area contributed by atoms with Crippen LogP contribution in [0.2, 0.25) is 0 Å². The second kappa shape index (κ2) is 3.37. The Morgan fingerprint density at radius 2 is 2.07 bits per heavy atom. The number of aliphatic hydroxyl groups excluding tert-OH is 1. The highest BCUT2D eigenvalue weighted by molar-refractivity contribution is 5.68. The fourth-order valence-electron chi connectivity index (χ4n) is 2.20. The number of aliphatic hydroxyl groups is 1. The minimum Gasteiger partial charge on any atom is -0.444 e. The maximum atomic E-state index is 11.7. The Bertz CT molecular complexity index is 271. The van der Waals surface area contributed by atoms with Crippen molar-refractivity contribution in [3.8, 4) is 0 Å². The van der Waals surface area contributed by atoms with Crippen molar-refractivity contribution in [3.05, 3.63) is 0 Å². The Morgan fingerprint density at radius 3 is 2.60 bits per heavy atom. The number of amides is 1. The van der Waals surface area contributed by atoms with Gasteiger partial charge in [-0.15, -0.1) is 0 Å². The first-order valence-electron chi connectivity index (χ1n) is 5.54. The lowest BCUT2D eigenvalue weighted by Gasteiger charge is -2.29. The monoisotopic (exact) mass is 213 g/mol. The lowest BCUT2D eigenvalue weighted by atomic mass is 10.1. The normalized spacial score (nSPS) is 34.7. The molecule has 0 aromatic heterocycles. The molecular weight excluding hydrogens is 194 g/mol. The van der Waals surface area contributed by atoms with E-state index < -0.39 is 5.60 Å². The fraction of sp³-hybridized carbons (Fsp3) is 0.909. The molecule has 1 N–H and O–H groups in total. The van der Waals surface area contributed by atoms with Gasteiger partial charge in [0.05, 0.1) is 6.10 Å². The molecule has 2 rings (SSSR count). The summed E-state index contributed by atoms with van der Waals surface area (Å²) < 4.78 is 5.28. The van der Waals surface area contributed by atoms with Crippen molar-refractivity contribution < 1.29 is 14.6 Å². The van der Waals surface area contributed by atoms with Crippen molar-refractivity contribution in [1.29, 1.82) is 0 Å². The first kappa shape index (κ1) is 10.7. The number of fused-ring (bicyclic) bond motifs is 1. The van der Waals surface area contributed by atoms with Gasteiger partial charge in [0.25, 0.3) is 0 Å². The van der Waals surface area contributed by atoms with Crippen molar-refractivity contribution in [3.63, 3.8) is 0 Å². The van der Waals surface area contributed by atoms with E-state index in [1.807, 2.05) is 20.8 Å². The molecule has 0 spiro atoms. The summed E-state index contributed by atoms with van der Waals surface area (Å²) in [7, 11) is 0. The number of hydrogen-bond acceptors (Lipinski definition) is 3. The Hall–Kier alpha value is -0.770. The number of likely N-dealkylation sites (tertiary alicyclic amines) is 1. The highest BCUT2D eigenvalue weighted by atomic mass is 16.6. The molecule has 1 saturated carbocycles. The van der Waals surface area contributed by atoms with Crippen LogP contribution in [0.25, 0.3) is 0 Å². The topological polar surface area (TPSA) is 49.8 Å². The van der Waals surface area contributed by atoms with Crippen LogP contribution in [0.15, 0.2) is 0 Å². The summed E-state index contributed by atoms with van der Waals surface area (Å²) in [6.07, 6.45) is 0.475. The molecule has 2 fully saturated rings. The van der Waals surface area contributed by atoms with Gasteiger partial charge in [0.15, 0.2) is 0 Å². The van der Waals surface area contributed by atoms with Crippen LogP contribution in [0, 0.1) is 11.8 Å². The van der Waals surface area contributed by atoms with Crippen molar-refractivity contribution >= 4 is 6.09 Å². The van der Waals surface area contributed by atoms with Gasteiger partial charge in [-0.3, -0.25) is 0 Å². The molecule has 86 valence electrons. The smallest absolute Gasteiger partial charge is 0.410 e. The van der Waals surface area contributed by atoms with Crippen molar-refractivity contribution in [2.45, 2.75) is 38.9 Å². The average Bonchev–Trinajstić information content (AvgIpc) is 2.74. The molecule has 3 atom stereocenters. The molecule has 0 radical (unpaired) electrons. The van der Waals surface area contributed by atoms with Gasteiger partial charge in [0.2, 0.25) is 0 Å². The van der Waals surface area contributed by atoms with Crippen LogP contribution in [-0.4, -0.2) is 40.9 Å². The minimum atomic E-state index is -0.434. The van der Waals surface area contributed by atoms with Gasteiger partial charge in [-0.1, -0.05) is 0 Å². The Morgan fingerprint density at radius 1 is 1.40 bits per heavy atom. The summed E-state index contributed by atoms with van der Waals surface area (Å²) in [5.74, 6) is 0.731. The largest absolute Gasteiger partial charge is 0.444 e. The molecule has 0 unspecified atom stereocenters. The van der Waals surface area contributed by atoms with Gasteiger partial charge in [-0.2, -0.15) is 0 Å². The molecule has 4 nitrogen and oxygen atoms in total. The van der Waals surface area contributed by atoms with Crippen LogP contribution in [0.4, 0.5) is 4.79 Å². The molecule has 1 amide bonds. The molecule has 1 aliphatic heterocycles. The van der Waals surface area contributed by atoms with Gasteiger partial charge in [0.1, 0.15) is 5.60 Å². The predicted octanol–water partition coefficient (Wildman–Crippen LogP) is 1.23. The maximum Gasteiger partial charge on any atom is 0.410 e. The molecule has 4 heteroatoms. The summed E-state index contributed by atoms with van der Waals surface area (Å²) in [5, 5.41) is 9.48. The minimum absolute atomic E-state index is 0.183. The first-order valence-corrected chi connectivity index (χ1v) is 5.54. The third kappa shape index (κ3) is 2.25. The zero-order valence-electron chi connectivity index (χ0n) is 9.56. The van der Waals surface area contributed by atoms with E-state index >= 15 is 0 Å². The summed E-state index contributed by atoms with van der Waals surface area (Å²) in [5.41, 5.74) is -0.434. The highest BCUT2D eigenvalue weighted by Gasteiger charge is 2.52. The predicted molar refractivity (Wildman–Crippen MR) is 55.4 cm³/mol. The second-order valence-electron chi connectivity index (χ2n) is 5.53. The van der Waals surface area contributed by atoms with Crippen LogP contribution in [0.5, 0.6) is 0 Å². The first-order chi connectivity index (χ1) is 6.88. The SMILES string of the molecule is CC(C)(C)OC(=O)N1CC[C@H]2[C@H](O)[C@H]2C1. The second-order valence-corrected chi connectivity index (χ2v) is 5.53. The lowest BCUT2D eigenvalue weighted by molar-refractivity contribution is 0.0206.